The van der Waals surface area contributed by atoms with Crippen molar-refractivity contribution in [3.63, 3.8) is 0 Å². The van der Waals surface area contributed by atoms with Crippen LogP contribution in [0, 0.1) is 0 Å². The first-order chi connectivity index (χ1) is 7.09. The molecule has 5 nitrogen and oxygen atoms in total. The van der Waals surface area contributed by atoms with Crippen molar-refractivity contribution in [3.8, 4) is 0 Å². The van der Waals surface area contributed by atoms with Gasteiger partial charge in [-0.05, 0) is 19.1 Å². The number of aromatic nitrogens is 2. The molecule has 5 heteroatoms. The van der Waals surface area contributed by atoms with Gasteiger partial charge in [0.2, 0.25) is 0 Å². The summed E-state index contributed by atoms with van der Waals surface area (Å²) in [5, 5.41) is 3.95. The van der Waals surface area contributed by atoms with Crippen LogP contribution in [0.3, 0.4) is 0 Å². The second kappa shape index (κ2) is 3.20. The largest absolute Gasteiger partial charge is 0.365 e. The Kier molecular flexibility index (Phi) is 2.00. The summed E-state index contributed by atoms with van der Waals surface area (Å²) in [5.41, 5.74) is 6.66. The first-order valence-corrected chi connectivity index (χ1v) is 4.37. The molecule has 2 N–H and O–H groups in total. The molecule has 0 saturated carbocycles. The molecule has 0 radical (unpaired) electrons. The lowest BCUT2D eigenvalue weighted by molar-refractivity contribution is 0.0998. The van der Waals surface area contributed by atoms with Crippen molar-refractivity contribution in [2.45, 2.75) is 6.92 Å². The molecule has 15 heavy (non-hydrogen) atoms. The number of carbonyl (C=O) groups excluding carboxylic acids is 2. The zero-order valence-corrected chi connectivity index (χ0v) is 8.10. The van der Waals surface area contributed by atoms with Gasteiger partial charge in [0.05, 0.1) is 17.3 Å². The van der Waals surface area contributed by atoms with E-state index in [1.165, 1.54) is 17.6 Å². The van der Waals surface area contributed by atoms with Crippen LogP contribution in [0.15, 0.2) is 24.5 Å². The van der Waals surface area contributed by atoms with Gasteiger partial charge in [-0.2, -0.15) is 5.10 Å². The van der Waals surface area contributed by atoms with Crippen LogP contribution < -0.4 is 5.73 Å². The molecule has 76 valence electrons. The number of rotatable bonds is 2. The number of ketones is 1. The fraction of sp³-hybridized carbons (Fsp3) is 0.100. The highest BCUT2D eigenvalue weighted by molar-refractivity contribution is 6.00. The highest BCUT2D eigenvalue weighted by atomic mass is 16.1. The minimum absolute atomic E-state index is 0.0481. The summed E-state index contributed by atoms with van der Waals surface area (Å²) in [7, 11) is 0. The quantitative estimate of drug-likeness (QED) is 0.727. The first kappa shape index (κ1) is 9.39. The second-order valence-corrected chi connectivity index (χ2v) is 3.23. The molecular formula is C10H9N3O2. The third kappa shape index (κ3) is 1.48. The van der Waals surface area contributed by atoms with E-state index in [2.05, 4.69) is 5.10 Å². The molecule has 0 unspecified atom stereocenters. The molecule has 0 fully saturated rings. The average Bonchev–Trinajstić information content (AvgIpc) is 2.59. The van der Waals surface area contributed by atoms with Gasteiger partial charge in [-0.15, -0.1) is 0 Å². The normalized spacial score (nSPS) is 10.5. The van der Waals surface area contributed by atoms with E-state index in [0.29, 0.717) is 16.6 Å². The average molecular weight is 203 g/mol. The number of pyridine rings is 1. The Morgan fingerprint density at radius 1 is 1.40 bits per heavy atom. The SMILES string of the molecule is CC(=O)c1ccc2c(C(N)=O)cnn2c1. The van der Waals surface area contributed by atoms with Crippen molar-refractivity contribution in [1.29, 1.82) is 0 Å². The molecular weight excluding hydrogens is 194 g/mol. The molecule has 0 saturated heterocycles. The smallest absolute Gasteiger partial charge is 0.252 e. The molecule has 0 aliphatic rings. The van der Waals surface area contributed by atoms with Gasteiger partial charge in [0.15, 0.2) is 5.78 Å². The Balaban J connectivity index is 2.66. The minimum atomic E-state index is -0.527. The molecule has 2 aromatic rings. The Labute approximate surface area is 85.5 Å². The molecule has 0 atom stereocenters. The number of primary amides is 1. The van der Waals surface area contributed by atoms with E-state index >= 15 is 0 Å². The van der Waals surface area contributed by atoms with Gasteiger partial charge < -0.3 is 5.73 Å². The zero-order valence-electron chi connectivity index (χ0n) is 8.10. The van der Waals surface area contributed by atoms with Gasteiger partial charge >= 0.3 is 0 Å². The molecule has 0 aliphatic carbocycles. The van der Waals surface area contributed by atoms with Crippen molar-refractivity contribution in [2.24, 2.45) is 5.73 Å². The van der Waals surface area contributed by atoms with E-state index in [4.69, 9.17) is 5.73 Å². The van der Waals surface area contributed by atoms with Crippen LogP contribution in [0.1, 0.15) is 27.6 Å². The summed E-state index contributed by atoms with van der Waals surface area (Å²) < 4.78 is 1.47. The van der Waals surface area contributed by atoms with Crippen molar-refractivity contribution < 1.29 is 9.59 Å². The topological polar surface area (TPSA) is 77.5 Å². The number of amides is 1. The fourth-order valence-electron chi connectivity index (χ4n) is 1.38. The van der Waals surface area contributed by atoms with Crippen molar-refractivity contribution in [3.05, 3.63) is 35.7 Å². The van der Waals surface area contributed by atoms with Crippen LogP contribution in [0.5, 0.6) is 0 Å². The summed E-state index contributed by atoms with van der Waals surface area (Å²) in [6.45, 7) is 1.47. The lowest BCUT2D eigenvalue weighted by atomic mass is 10.2. The molecule has 0 spiro atoms. The predicted molar refractivity (Wildman–Crippen MR) is 53.7 cm³/mol. The summed E-state index contributed by atoms with van der Waals surface area (Å²) in [5.74, 6) is -0.575. The zero-order chi connectivity index (χ0) is 11.0. The van der Waals surface area contributed by atoms with Gasteiger partial charge in [0, 0.05) is 11.8 Å². The van der Waals surface area contributed by atoms with E-state index < -0.39 is 5.91 Å². The number of fused-ring (bicyclic) bond motifs is 1. The van der Waals surface area contributed by atoms with Crippen LogP contribution in [-0.4, -0.2) is 21.3 Å². The highest BCUT2D eigenvalue weighted by Gasteiger charge is 2.09. The predicted octanol–water partition coefficient (Wildman–Crippen LogP) is 0.636. The molecule has 0 bridgehead atoms. The third-order valence-electron chi connectivity index (χ3n) is 2.19. The maximum atomic E-state index is 11.1. The maximum absolute atomic E-state index is 11.1. The van der Waals surface area contributed by atoms with Crippen LogP contribution in [-0.2, 0) is 0 Å². The van der Waals surface area contributed by atoms with Gasteiger partial charge in [-0.25, -0.2) is 4.52 Å². The Morgan fingerprint density at radius 2 is 2.13 bits per heavy atom. The molecule has 2 rings (SSSR count). The van der Waals surface area contributed by atoms with Crippen molar-refractivity contribution in [2.75, 3.05) is 0 Å². The van der Waals surface area contributed by atoms with E-state index in [1.54, 1.807) is 18.3 Å². The molecule has 0 aromatic carbocycles. The molecule has 1 amide bonds. The van der Waals surface area contributed by atoms with Gasteiger partial charge in [0.1, 0.15) is 0 Å². The highest BCUT2D eigenvalue weighted by Crippen LogP contribution is 2.11. The molecule has 2 heterocycles. The number of carbonyl (C=O) groups is 2. The van der Waals surface area contributed by atoms with Crippen molar-refractivity contribution >= 4 is 17.2 Å². The van der Waals surface area contributed by atoms with E-state index in [9.17, 15) is 9.59 Å². The van der Waals surface area contributed by atoms with E-state index in [1.807, 2.05) is 0 Å². The number of nitrogens with zero attached hydrogens (tertiary/aromatic N) is 2. The lowest BCUT2D eigenvalue weighted by Gasteiger charge is -1.97. The van der Waals surface area contributed by atoms with Crippen LogP contribution in [0.4, 0.5) is 0 Å². The van der Waals surface area contributed by atoms with Crippen LogP contribution >= 0.6 is 0 Å². The van der Waals surface area contributed by atoms with Gasteiger partial charge in [-0.1, -0.05) is 0 Å². The summed E-state index contributed by atoms with van der Waals surface area (Å²) in [6, 6.07) is 3.30. The van der Waals surface area contributed by atoms with E-state index in [0.717, 1.165) is 0 Å². The first-order valence-electron chi connectivity index (χ1n) is 4.37. The summed E-state index contributed by atoms with van der Waals surface area (Å²) >= 11 is 0. The number of Topliss-reactive ketones (excluding diaryl/α,β-unsaturated/α-hetero) is 1. The Morgan fingerprint density at radius 3 is 2.73 bits per heavy atom. The number of hydrogen-bond donors (Lipinski definition) is 1. The third-order valence-corrected chi connectivity index (χ3v) is 2.19. The monoisotopic (exact) mass is 203 g/mol. The Bertz CT molecular complexity index is 557. The lowest BCUT2D eigenvalue weighted by Crippen LogP contribution is -2.10. The van der Waals surface area contributed by atoms with Gasteiger partial charge in [0.25, 0.3) is 5.91 Å². The van der Waals surface area contributed by atoms with Crippen molar-refractivity contribution in [1.82, 2.24) is 9.61 Å². The Hall–Kier alpha value is -2.17. The maximum Gasteiger partial charge on any atom is 0.252 e. The standard InChI is InChI=1S/C10H9N3O2/c1-6(14)7-2-3-9-8(10(11)15)4-12-13(9)5-7/h2-5H,1H3,(H2,11,15). The minimum Gasteiger partial charge on any atom is -0.365 e. The fourth-order valence-corrected chi connectivity index (χ4v) is 1.38. The summed E-state index contributed by atoms with van der Waals surface area (Å²) in [6.07, 6.45) is 2.96. The van der Waals surface area contributed by atoms with Crippen LogP contribution in [0.2, 0.25) is 0 Å². The van der Waals surface area contributed by atoms with Crippen LogP contribution in [0.25, 0.3) is 5.52 Å². The number of nitrogens with two attached hydrogens (primary N) is 1. The molecule has 0 aliphatic heterocycles. The van der Waals surface area contributed by atoms with Gasteiger partial charge in [-0.3, -0.25) is 9.59 Å². The second-order valence-electron chi connectivity index (χ2n) is 3.23. The number of hydrogen-bond acceptors (Lipinski definition) is 3. The molecule has 2 aromatic heterocycles. The summed E-state index contributed by atoms with van der Waals surface area (Å²) in [4.78, 5) is 22.1. The van der Waals surface area contributed by atoms with E-state index in [-0.39, 0.29) is 5.78 Å².